The Morgan fingerprint density at radius 1 is 1.16 bits per heavy atom. The van der Waals surface area contributed by atoms with Gasteiger partial charge in [0.05, 0.1) is 25.8 Å². The van der Waals surface area contributed by atoms with Crippen LogP contribution in [0.5, 0.6) is 5.75 Å². The normalized spacial score (nSPS) is 15.3. The highest BCUT2D eigenvalue weighted by molar-refractivity contribution is 6.31. The van der Waals surface area contributed by atoms with E-state index in [2.05, 4.69) is 15.4 Å². The molecule has 2 N–H and O–H groups in total. The lowest BCUT2D eigenvalue weighted by atomic mass is 10.1. The number of hydrogen-bond donors (Lipinski definition) is 2. The molecule has 1 heterocycles. The summed E-state index contributed by atoms with van der Waals surface area (Å²) in [4.78, 5) is 50.2. The summed E-state index contributed by atoms with van der Waals surface area (Å²) in [6.07, 6.45) is 0.0286. The largest absolute Gasteiger partial charge is 0.495 e. The number of amides is 3. The molecule has 0 aromatic heterocycles. The molecule has 1 fully saturated rings. The highest BCUT2D eigenvalue weighted by Crippen LogP contribution is 2.35. The van der Waals surface area contributed by atoms with Crippen LogP contribution in [0.4, 0.5) is 11.4 Å². The van der Waals surface area contributed by atoms with Gasteiger partial charge in [-0.15, -0.1) is 0 Å². The maximum atomic E-state index is 12.8. The first-order valence-corrected chi connectivity index (χ1v) is 10.1. The molecule has 1 aliphatic heterocycles. The molecule has 0 aliphatic carbocycles. The summed E-state index contributed by atoms with van der Waals surface area (Å²) in [6.45, 7) is -0.0976. The summed E-state index contributed by atoms with van der Waals surface area (Å²) in [5.41, 5.74) is 1.16. The number of hydrogen-bond acceptors (Lipinski definition) is 6. The van der Waals surface area contributed by atoms with E-state index in [4.69, 9.17) is 16.3 Å². The number of anilines is 2. The molecular formula is C22H22ClN3O6. The van der Waals surface area contributed by atoms with Gasteiger partial charge in [0.1, 0.15) is 12.3 Å². The molecule has 0 saturated carbocycles. The minimum Gasteiger partial charge on any atom is -0.495 e. The molecular weight excluding hydrogens is 438 g/mol. The van der Waals surface area contributed by atoms with Crippen molar-refractivity contribution in [2.24, 2.45) is 5.92 Å². The second-order valence-corrected chi connectivity index (χ2v) is 7.49. The first-order chi connectivity index (χ1) is 15.3. The van der Waals surface area contributed by atoms with E-state index in [9.17, 15) is 19.2 Å². The number of carbonyl (C=O) groups excluding carboxylic acids is 4. The van der Waals surface area contributed by atoms with Crippen LogP contribution in [0.1, 0.15) is 16.8 Å². The van der Waals surface area contributed by atoms with E-state index in [0.29, 0.717) is 22.1 Å². The maximum absolute atomic E-state index is 12.8. The van der Waals surface area contributed by atoms with Gasteiger partial charge in [0.15, 0.2) is 0 Å². The van der Waals surface area contributed by atoms with E-state index >= 15 is 0 Å². The van der Waals surface area contributed by atoms with Crippen molar-refractivity contribution in [3.63, 3.8) is 0 Å². The topological polar surface area (TPSA) is 114 Å². The van der Waals surface area contributed by atoms with E-state index in [1.165, 1.54) is 25.2 Å². The molecule has 2 aromatic rings. The fourth-order valence-electron chi connectivity index (χ4n) is 3.30. The molecule has 3 amide bonds. The third-order valence-electron chi connectivity index (χ3n) is 4.94. The minimum absolute atomic E-state index is 0.0286. The van der Waals surface area contributed by atoms with E-state index < -0.39 is 17.8 Å². The van der Waals surface area contributed by atoms with Gasteiger partial charge < -0.3 is 25.0 Å². The summed E-state index contributed by atoms with van der Waals surface area (Å²) in [5, 5.41) is 5.62. The van der Waals surface area contributed by atoms with Gasteiger partial charge in [0.2, 0.25) is 11.8 Å². The predicted molar refractivity (Wildman–Crippen MR) is 118 cm³/mol. The lowest BCUT2D eigenvalue weighted by molar-refractivity contribution is -0.139. The van der Waals surface area contributed by atoms with E-state index in [1.807, 2.05) is 0 Å². The zero-order valence-electron chi connectivity index (χ0n) is 17.5. The van der Waals surface area contributed by atoms with Gasteiger partial charge in [-0.2, -0.15) is 0 Å². The Morgan fingerprint density at radius 3 is 2.66 bits per heavy atom. The minimum atomic E-state index is -0.594. The fraction of sp³-hybridized carbons (Fsp3) is 0.273. The number of ether oxygens (including phenoxy) is 2. The first-order valence-electron chi connectivity index (χ1n) is 9.72. The number of esters is 1. The number of benzene rings is 2. The predicted octanol–water partition coefficient (Wildman–Crippen LogP) is 2.24. The van der Waals surface area contributed by atoms with Crippen LogP contribution >= 0.6 is 11.6 Å². The zero-order chi connectivity index (χ0) is 23.3. The lowest BCUT2D eigenvalue weighted by Gasteiger charge is -2.20. The standard InChI is InChI=1S/C22H22ClN3O6/c1-31-18-7-6-15(23)10-17(18)26-12-14(9-19(26)27)22(30)25-16-5-3-4-13(8-16)21(29)24-11-20(28)32-2/h3-8,10,14H,9,11-12H2,1-2H3,(H,24,29)(H,25,30). The van der Waals surface area contributed by atoms with Crippen LogP contribution in [0.2, 0.25) is 5.02 Å². The van der Waals surface area contributed by atoms with Gasteiger partial charge in [0.25, 0.3) is 5.91 Å². The number of nitrogens with zero attached hydrogens (tertiary/aromatic N) is 1. The highest BCUT2D eigenvalue weighted by Gasteiger charge is 2.36. The molecule has 9 nitrogen and oxygen atoms in total. The Bertz CT molecular complexity index is 1060. The average Bonchev–Trinajstić information content (AvgIpc) is 3.18. The maximum Gasteiger partial charge on any atom is 0.325 e. The van der Waals surface area contributed by atoms with Crippen LogP contribution in [0.25, 0.3) is 0 Å². The van der Waals surface area contributed by atoms with Gasteiger partial charge in [-0.3, -0.25) is 19.2 Å². The van der Waals surface area contributed by atoms with Crippen molar-refractivity contribution in [1.82, 2.24) is 5.32 Å². The summed E-state index contributed by atoms with van der Waals surface area (Å²) in [5.74, 6) is -1.75. The Hall–Kier alpha value is -3.59. The van der Waals surface area contributed by atoms with Crippen LogP contribution in [-0.2, 0) is 19.1 Å². The van der Waals surface area contributed by atoms with Crippen molar-refractivity contribution in [2.45, 2.75) is 6.42 Å². The monoisotopic (exact) mass is 459 g/mol. The smallest absolute Gasteiger partial charge is 0.325 e. The molecule has 0 bridgehead atoms. The second kappa shape index (κ2) is 10.1. The molecule has 1 unspecified atom stereocenters. The van der Waals surface area contributed by atoms with Gasteiger partial charge in [0, 0.05) is 29.2 Å². The molecule has 32 heavy (non-hydrogen) atoms. The molecule has 2 aromatic carbocycles. The molecule has 3 rings (SSSR count). The summed E-state index contributed by atoms with van der Waals surface area (Å²) in [6, 6.07) is 11.2. The number of methoxy groups -OCH3 is 2. The van der Waals surface area contributed by atoms with E-state index in [1.54, 1.807) is 36.4 Å². The third-order valence-corrected chi connectivity index (χ3v) is 5.18. The van der Waals surface area contributed by atoms with Gasteiger partial charge in [-0.05, 0) is 36.4 Å². The molecule has 1 aliphatic rings. The molecule has 1 atom stereocenters. The lowest BCUT2D eigenvalue weighted by Crippen LogP contribution is -2.30. The van der Waals surface area contributed by atoms with Crippen LogP contribution in [0.3, 0.4) is 0 Å². The van der Waals surface area contributed by atoms with Crippen LogP contribution in [-0.4, -0.2) is 51.0 Å². The van der Waals surface area contributed by atoms with Crippen molar-refractivity contribution < 1.29 is 28.7 Å². The second-order valence-electron chi connectivity index (χ2n) is 7.05. The fourth-order valence-corrected chi connectivity index (χ4v) is 3.47. The highest BCUT2D eigenvalue weighted by atomic mass is 35.5. The van der Waals surface area contributed by atoms with Crippen LogP contribution in [0.15, 0.2) is 42.5 Å². The van der Waals surface area contributed by atoms with Crippen LogP contribution in [0, 0.1) is 5.92 Å². The number of rotatable bonds is 7. The van der Waals surface area contributed by atoms with E-state index in [-0.39, 0.29) is 36.9 Å². The van der Waals surface area contributed by atoms with Gasteiger partial charge in [-0.25, -0.2) is 0 Å². The molecule has 0 radical (unpaired) electrons. The van der Waals surface area contributed by atoms with Crippen molar-refractivity contribution in [3.8, 4) is 5.75 Å². The number of carbonyl (C=O) groups is 4. The van der Waals surface area contributed by atoms with Crippen molar-refractivity contribution in [3.05, 3.63) is 53.1 Å². The Balaban J connectivity index is 1.67. The zero-order valence-corrected chi connectivity index (χ0v) is 18.3. The summed E-state index contributed by atoms with van der Waals surface area (Å²) < 4.78 is 9.79. The Labute approximate surface area is 189 Å². The van der Waals surface area contributed by atoms with Gasteiger partial charge >= 0.3 is 5.97 Å². The summed E-state index contributed by atoms with van der Waals surface area (Å²) >= 11 is 6.06. The molecule has 168 valence electrons. The SMILES string of the molecule is COC(=O)CNC(=O)c1cccc(NC(=O)C2CC(=O)N(c3cc(Cl)ccc3OC)C2)c1. The van der Waals surface area contributed by atoms with Gasteiger partial charge in [-0.1, -0.05) is 17.7 Å². The number of halogens is 1. The average molecular weight is 460 g/mol. The quantitative estimate of drug-likeness (QED) is 0.614. The molecule has 0 spiro atoms. The first kappa shape index (κ1) is 23.1. The van der Waals surface area contributed by atoms with Crippen molar-refractivity contribution >= 4 is 46.7 Å². The number of nitrogens with one attached hydrogen (secondary N) is 2. The van der Waals surface area contributed by atoms with E-state index in [0.717, 1.165) is 0 Å². The third kappa shape index (κ3) is 5.36. The molecule has 1 saturated heterocycles. The Kier molecular flexibility index (Phi) is 7.32. The Morgan fingerprint density at radius 2 is 1.94 bits per heavy atom. The van der Waals surface area contributed by atoms with Crippen LogP contribution < -0.4 is 20.3 Å². The molecule has 10 heteroatoms. The van der Waals surface area contributed by atoms with Crippen molar-refractivity contribution in [1.29, 1.82) is 0 Å². The van der Waals surface area contributed by atoms with Crippen molar-refractivity contribution in [2.75, 3.05) is 37.5 Å². The summed E-state index contributed by atoms with van der Waals surface area (Å²) in [7, 11) is 2.72.